The summed E-state index contributed by atoms with van der Waals surface area (Å²) in [6.07, 6.45) is 8.87. The predicted octanol–water partition coefficient (Wildman–Crippen LogP) is 8.31. The molecule has 0 aliphatic rings. The van der Waals surface area contributed by atoms with Gasteiger partial charge in [0.25, 0.3) is 0 Å². The van der Waals surface area contributed by atoms with Crippen LogP contribution in [-0.2, 0) is 17.6 Å². The lowest BCUT2D eigenvalue weighted by Crippen LogP contribution is -2.05. The summed E-state index contributed by atoms with van der Waals surface area (Å²) in [6, 6.07) is 27.5. The number of carbonyl (C=O) groups is 2. The van der Waals surface area contributed by atoms with E-state index in [-0.39, 0.29) is 11.5 Å². The first-order chi connectivity index (χ1) is 22.7. The Bertz CT molecular complexity index is 2000. The van der Waals surface area contributed by atoms with E-state index in [1.54, 1.807) is 24.5 Å². The molecule has 0 amide bonds. The SMILES string of the molecule is CCc1nccn1-c1cc(C(=O)O)cc(-c2ccc(C)cc2)c1.CCc1nccn1-c1cc(C(=O)OC)cc(-c2ccc(C)cc2)c1. The van der Waals surface area contributed by atoms with E-state index in [1.165, 1.54) is 18.2 Å². The van der Waals surface area contributed by atoms with Crippen molar-refractivity contribution in [1.82, 2.24) is 19.1 Å². The Morgan fingerprint density at radius 1 is 0.638 bits per heavy atom. The molecule has 47 heavy (non-hydrogen) atoms. The van der Waals surface area contributed by atoms with Crippen molar-refractivity contribution in [3.8, 4) is 33.6 Å². The fourth-order valence-corrected chi connectivity index (χ4v) is 5.35. The molecule has 2 heterocycles. The van der Waals surface area contributed by atoms with E-state index in [1.807, 2.05) is 77.8 Å². The van der Waals surface area contributed by atoms with Gasteiger partial charge in [0.1, 0.15) is 11.6 Å². The Hall–Kier alpha value is -5.76. The van der Waals surface area contributed by atoms with E-state index >= 15 is 0 Å². The smallest absolute Gasteiger partial charge is 0.337 e. The molecular weight excluding hydrogens is 588 g/mol. The van der Waals surface area contributed by atoms with Crippen LogP contribution in [0.15, 0.2) is 110 Å². The lowest BCUT2D eigenvalue weighted by molar-refractivity contribution is 0.0599. The summed E-state index contributed by atoms with van der Waals surface area (Å²) in [5, 5.41) is 9.42. The predicted molar refractivity (Wildman–Crippen MR) is 185 cm³/mol. The molecule has 6 aromatic rings. The van der Waals surface area contributed by atoms with Crippen molar-refractivity contribution in [3.05, 3.63) is 144 Å². The fourth-order valence-electron chi connectivity index (χ4n) is 5.35. The summed E-state index contributed by atoms with van der Waals surface area (Å²) in [5.74, 6) is 0.580. The number of methoxy groups -OCH3 is 1. The summed E-state index contributed by atoms with van der Waals surface area (Å²) < 4.78 is 8.85. The minimum atomic E-state index is -0.932. The van der Waals surface area contributed by atoms with Gasteiger partial charge in [-0.25, -0.2) is 19.6 Å². The van der Waals surface area contributed by atoms with Crippen molar-refractivity contribution in [1.29, 1.82) is 0 Å². The maximum absolute atomic E-state index is 12.1. The molecule has 6 rings (SSSR count). The Kier molecular flexibility index (Phi) is 10.1. The third-order valence-corrected chi connectivity index (χ3v) is 7.90. The normalized spacial score (nSPS) is 10.7. The van der Waals surface area contributed by atoms with Gasteiger partial charge in [0.15, 0.2) is 0 Å². The van der Waals surface area contributed by atoms with Crippen LogP contribution in [0.2, 0.25) is 0 Å². The summed E-state index contributed by atoms with van der Waals surface area (Å²) in [6.45, 7) is 8.17. The molecular formula is C39H38N4O4. The van der Waals surface area contributed by atoms with Gasteiger partial charge >= 0.3 is 11.9 Å². The highest BCUT2D eigenvalue weighted by molar-refractivity contribution is 5.92. The first kappa shape index (κ1) is 32.6. The van der Waals surface area contributed by atoms with E-state index in [4.69, 9.17) is 4.74 Å². The highest BCUT2D eigenvalue weighted by Gasteiger charge is 2.14. The zero-order valence-corrected chi connectivity index (χ0v) is 27.3. The largest absolute Gasteiger partial charge is 0.478 e. The first-order valence-electron chi connectivity index (χ1n) is 15.5. The first-order valence-corrected chi connectivity index (χ1v) is 15.5. The van der Waals surface area contributed by atoms with Gasteiger partial charge in [-0.05, 0) is 72.5 Å². The third-order valence-electron chi connectivity index (χ3n) is 7.90. The molecule has 0 atom stereocenters. The van der Waals surface area contributed by atoms with Crippen molar-refractivity contribution in [2.24, 2.45) is 0 Å². The van der Waals surface area contributed by atoms with E-state index in [9.17, 15) is 14.7 Å². The van der Waals surface area contributed by atoms with Crippen LogP contribution in [0.25, 0.3) is 33.6 Å². The van der Waals surface area contributed by atoms with Crippen LogP contribution in [0.3, 0.4) is 0 Å². The number of aryl methyl sites for hydroxylation is 4. The van der Waals surface area contributed by atoms with Gasteiger partial charge in [-0.15, -0.1) is 0 Å². The number of aromatic carboxylic acids is 1. The lowest BCUT2D eigenvalue weighted by Gasteiger charge is -2.12. The molecule has 0 aliphatic carbocycles. The fraction of sp³-hybridized carbons (Fsp3) is 0.179. The number of hydrogen-bond acceptors (Lipinski definition) is 5. The summed E-state index contributed by atoms with van der Waals surface area (Å²) >= 11 is 0. The summed E-state index contributed by atoms with van der Waals surface area (Å²) in [5.41, 5.74) is 8.81. The van der Waals surface area contributed by atoms with E-state index in [2.05, 4.69) is 54.1 Å². The Labute approximate surface area is 275 Å². The minimum Gasteiger partial charge on any atom is -0.478 e. The second kappa shape index (κ2) is 14.6. The number of carboxylic acid groups (broad SMARTS) is 1. The van der Waals surface area contributed by atoms with Gasteiger partial charge in [0.2, 0.25) is 0 Å². The van der Waals surface area contributed by atoms with Gasteiger partial charge in [-0.3, -0.25) is 0 Å². The average Bonchev–Trinajstić information content (AvgIpc) is 3.78. The topological polar surface area (TPSA) is 99.2 Å². The minimum absolute atomic E-state index is 0.272. The van der Waals surface area contributed by atoms with Gasteiger partial charge in [0, 0.05) is 49.0 Å². The highest BCUT2D eigenvalue weighted by atomic mass is 16.5. The number of benzene rings is 4. The van der Waals surface area contributed by atoms with Crippen molar-refractivity contribution >= 4 is 11.9 Å². The molecule has 0 bridgehead atoms. The second-order valence-corrected chi connectivity index (χ2v) is 11.2. The molecule has 238 valence electrons. The highest BCUT2D eigenvalue weighted by Crippen LogP contribution is 2.27. The number of carboxylic acids is 1. The van der Waals surface area contributed by atoms with Crippen LogP contribution in [0, 0.1) is 13.8 Å². The Balaban J connectivity index is 0.000000185. The summed E-state index contributed by atoms with van der Waals surface area (Å²) in [7, 11) is 1.40. The van der Waals surface area contributed by atoms with Crippen LogP contribution >= 0.6 is 0 Å². The molecule has 4 aromatic carbocycles. The number of imidazole rings is 2. The standard InChI is InChI=1S/C20H20N2O2.C19H18N2O2/c1-4-19-21-9-10-22(19)18-12-16(11-17(13-18)20(23)24-3)15-7-5-14(2)6-8-15;1-3-18-20-8-9-21(18)17-11-15(10-16(12-17)19(22)23)14-6-4-13(2)5-7-14/h5-13H,4H2,1-3H3;4-12H,3H2,1-2H3,(H,22,23). The zero-order chi connectivity index (χ0) is 33.5. The molecule has 1 N–H and O–H groups in total. The molecule has 0 radical (unpaired) electrons. The van der Waals surface area contributed by atoms with Crippen LogP contribution in [-0.4, -0.2) is 43.3 Å². The summed E-state index contributed by atoms with van der Waals surface area (Å²) in [4.78, 5) is 32.3. The number of ether oxygens (including phenoxy) is 1. The average molecular weight is 627 g/mol. The quantitative estimate of drug-likeness (QED) is 0.171. The van der Waals surface area contributed by atoms with Crippen molar-refractivity contribution in [3.63, 3.8) is 0 Å². The van der Waals surface area contributed by atoms with E-state index < -0.39 is 5.97 Å². The van der Waals surface area contributed by atoms with E-state index in [0.717, 1.165) is 58.1 Å². The number of esters is 1. The molecule has 8 heteroatoms. The molecule has 0 saturated heterocycles. The maximum Gasteiger partial charge on any atom is 0.337 e. The molecule has 0 aliphatic heterocycles. The Morgan fingerprint density at radius 3 is 1.47 bits per heavy atom. The van der Waals surface area contributed by atoms with Crippen molar-refractivity contribution < 1.29 is 19.4 Å². The zero-order valence-electron chi connectivity index (χ0n) is 27.3. The second-order valence-electron chi connectivity index (χ2n) is 11.2. The monoisotopic (exact) mass is 626 g/mol. The van der Waals surface area contributed by atoms with Crippen molar-refractivity contribution in [2.45, 2.75) is 40.5 Å². The number of nitrogens with zero attached hydrogens (tertiary/aromatic N) is 4. The molecule has 0 fully saturated rings. The number of rotatable bonds is 8. The third kappa shape index (κ3) is 7.56. The Morgan fingerprint density at radius 2 is 1.06 bits per heavy atom. The van der Waals surface area contributed by atoms with Crippen LogP contribution in [0.5, 0.6) is 0 Å². The van der Waals surface area contributed by atoms with Gasteiger partial charge < -0.3 is 19.0 Å². The van der Waals surface area contributed by atoms with Gasteiger partial charge in [-0.1, -0.05) is 73.5 Å². The number of aromatic nitrogens is 4. The van der Waals surface area contributed by atoms with Crippen LogP contribution < -0.4 is 0 Å². The molecule has 8 nitrogen and oxygen atoms in total. The number of carbonyl (C=O) groups excluding carboxylic acids is 1. The van der Waals surface area contributed by atoms with Crippen molar-refractivity contribution in [2.75, 3.05) is 7.11 Å². The maximum atomic E-state index is 12.1. The molecule has 2 aromatic heterocycles. The number of hydrogen-bond donors (Lipinski definition) is 1. The van der Waals surface area contributed by atoms with E-state index in [0.29, 0.717) is 5.56 Å². The lowest BCUT2D eigenvalue weighted by atomic mass is 10.0. The van der Waals surface area contributed by atoms with Crippen LogP contribution in [0.1, 0.15) is 57.3 Å². The van der Waals surface area contributed by atoms with Gasteiger partial charge in [-0.2, -0.15) is 0 Å². The van der Waals surface area contributed by atoms with Gasteiger partial charge in [0.05, 0.1) is 18.2 Å². The molecule has 0 spiro atoms. The molecule has 0 saturated carbocycles. The van der Waals surface area contributed by atoms with Crippen LogP contribution in [0.4, 0.5) is 0 Å². The molecule has 0 unspecified atom stereocenters.